The van der Waals surface area contributed by atoms with Crippen molar-refractivity contribution in [3.05, 3.63) is 22.2 Å². The number of nitrogens with zero attached hydrogens (tertiary/aromatic N) is 3. The first kappa shape index (κ1) is 21.3. The van der Waals surface area contributed by atoms with Gasteiger partial charge in [-0.15, -0.1) is 0 Å². The molecule has 0 saturated carbocycles. The number of aryl methyl sites for hydroxylation is 1. The molecule has 0 saturated heterocycles. The second kappa shape index (κ2) is 8.07. The maximum absolute atomic E-state index is 12.4. The minimum Gasteiger partial charge on any atom is -0.392 e. The van der Waals surface area contributed by atoms with E-state index in [9.17, 15) is 9.59 Å². The van der Waals surface area contributed by atoms with E-state index in [0.29, 0.717) is 12.1 Å². The summed E-state index contributed by atoms with van der Waals surface area (Å²) in [5.41, 5.74) is 15.2. The van der Waals surface area contributed by atoms with E-state index in [1.807, 2.05) is 27.7 Å². The minimum absolute atomic E-state index is 0.133. The summed E-state index contributed by atoms with van der Waals surface area (Å²) >= 11 is 0. The molecule has 0 aliphatic heterocycles. The van der Waals surface area contributed by atoms with Crippen LogP contribution in [0, 0.1) is 12.3 Å². The van der Waals surface area contributed by atoms with Gasteiger partial charge < -0.3 is 27.4 Å². The fraction of sp³-hybridized carbons (Fsp3) is 0.625. The number of nitrogen functional groups attached to an aromatic ring is 1. The van der Waals surface area contributed by atoms with Gasteiger partial charge in [-0.1, -0.05) is 13.8 Å². The van der Waals surface area contributed by atoms with Crippen molar-refractivity contribution < 1.29 is 9.63 Å². The van der Waals surface area contributed by atoms with E-state index >= 15 is 0 Å². The third kappa shape index (κ3) is 6.61. The molecular weight excluding hydrogens is 338 g/mol. The van der Waals surface area contributed by atoms with Crippen LogP contribution in [-0.2, 0) is 16.2 Å². The van der Waals surface area contributed by atoms with Crippen LogP contribution in [0.2, 0.25) is 0 Å². The van der Waals surface area contributed by atoms with Gasteiger partial charge in [0.1, 0.15) is 13.2 Å². The number of aromatic nitrogens is 2. The van der Waals surface area contributed by atoms with E-state index in [1.165, 1.54) is 10.8 Å². The molecule has 7 N–H and O–H groups in total. The fourth-order valence-corrected chi connectivity index (χ4v) is 2.92. The van der Waals surface area contributed by atoms with Crippen molar-refractivity contribution in [2.75, 3.05) is 12.3 Å². The largest absolute Gasteiger partial charge is 0.392 e. The SMILES string of the molecule is Cc1cnc(N)c(=O)n1CC(=O)NC(C)(C)CC(C)(C)CON=C(N)N. The monoisotopic (exact) mass is 367 g/mol. The van der Waals surface area contributed by atoms with Crippen molar-refractivity contribution in [3.63, 3.8) is 0 Å². The van der Waals surface area contributed by atoms with Gasteiger partial charge in [-0.05, 0) is 32.3 Å². The van der Waals surface area contributed by atoms with Crippen LogP contribution in [0.4, 0.5) is 5.82 Å². The number of anilines is 1. The van der Waals surface area contributed by atoms with Crippen LogP contribution >= 0.6 is 0 Å². The Bertz CT molecular complexity index is 734. The molecule has 1 amide bonds. The Morgan fingerprint density at radius 2 is 1.96 bits per heavy atom. The van der Waals surface area contributed by atoms with Gasteiger partial charge >= 0.3 is 0 Å². The zero-order valence-electron chi connectivity index (χ0n) is 16.0. The van der Waals surface area contributed by atoms with Crippen molar-refractivity contribution in [1.29, 1.82) is 0 Å². The number of carbonyl (C=O) groups excluding carboxylic acids is 1. The summed E-state index contributed by atoms with van der Waals surface area (Å²) in [6.45, 7) is 9.57. The first-order valence-corrected chi connectivity index (χ1v) is 8.17. The number of hydrogen-bond acceptors (Lipinski definition) is 6. The molecule has 1 heterocycles. The molecule has 0 aliphatic rings. The van der Waals surface area contributed by atoms with E-state index in [4.69, 9.17) is 22.0 Å². The predicted molar refractivity (Wildman–Crippen MR) is 100 cm³/mol. The summed E-state index contributed by atoms with van der Waals surface area (Å²) in [4.78, 5) is 33.3. The average molecular weight is 367 g/mol. The average Bonchev–Trinajstić information content (AvgIpc) is 2.45. The number of hydrogen-bond donors (Lipinski definition) is 4. The normalized spacial score (nSPS) is 11.7. The van der Waals surface area contributed by atoms with Gasteiger partial charge in [0.05, 0.1) is 0 Å². The molecule has 26 heavy (non-hydrogen) atoms. The Hall–Kier alpha value is -2.78. The predicted octanol–water partition coefficient (Wildman–Crippen LogP) is -0.350. The van der Waals surface area contributed by atoms with Gasteiger partial charge in [0.2, 0.25) is 11.9 Å². The Morgan fingerprint density at radius 1 is 1.35 bits per heavy atom. The van der Waals surface area contributed by atoms with Gasteiger partial charge in [-0.2, -0.15) is 0 Å². The molecule has 1 rings (SSSR count). The van der Waals surface area contributed by atoms with Gasteiger partial charge in [0.15, 0.2) is 5.82 Å². The van der Waals surface area contributed by atoms with Gasteiger partial charge in [0, 0.05) is 22.8 Å². The quantitative estimate of drug-likeness (QED) is 0.277. The molecule has 0 aromatic carbocycles. The van der Waals surface area contributed by atoms with E-state index in [2.05, 4.69) is 15.5 Å². The van der Waals surface area contributed by atoms with E-state index in [0.717, 1.165) is 0 Å². The first-order chi connectivity index (χ1) is 11.8. The topological polar surface area (TPSA) is 164 Å². The molecule has 146 valence electrons. The van der Waals surface area contributed by atoms with Gasteiger partial charge in [-0.3, -0.25) is 14.2 Å². The number of guanidine groups is 1. The lowest BCUT2D eigenvalue weighted by Crippen LogP contribution is -2.48. The lowest BCUT2D eigenvalue weighted by Gasteiger charge is -2.34. The summed E-state index contributed by atoms with van der Waals surface area (Å²) in [5, 5.41) is 6.45. The summed E-state index contributed by atoms with van der Waals surface area (Å²) in [6, 6.07) is 0. The fourth-order valence-electron chi connectivity index (χ4n) is 2.92. The van der Waals surface area contributed by atoms with Crippen LogP contribution in [0.25, 0.3) is 0 Å². The smallest absolute Gasteiger partial charge is 0.293 e. The van der Waals surface area contributed by atoms with E-state index < -0.39 is 11.1 Å². The highest BCUT2D eigenvalue weighted by molar-refractivity contribution is 5.76. The number of oxime groups is 1. The Balaban J connectivity index is 2.74. The number of rotatable bonds is 8. The highest BCUT2D eigenvalue weighted by Crippen LogP contribution is 2.28. The number of carbonyl (C=O) groups is 1. The Morgan fingerprint density at radius 3 is 2.54 bits per heavy atom. The molecule has 0 aliphatic carbocycles. The van der Waals surface area contributed by atoms with Gasteiger partial charge in [-0.25, -0.2) is 4.98 Å². The number of nitrogens with one attached hydrogen (secondary N) is 1. The second-order valence-electron chi connectivity index (χ2n) is 7.74. The minimum atomic E-state index is -0.544. The van der Waals surface area contributed by atoms with Gasteiger partial charge in [0.25, 0.3) is 5.56 Å². The maximum atomic E-state index is 12.4. The maximum Gasteiger partial charge on any atom is 0.293 e. The number of nitrogens with two attached hydrogens (primary N) is 3. The van der Waals surface area contributed by atoms with Crippen molar-refractivity contribution in [1.82, 2.24) is 14.9 Å². The van der Waals surface area contributed by atoms with Crippen LogP contribution in [0.15, 0.2) is 16.1 Å². The molecule has 10 heteroatoms. The summed E-state index contributed by atoms with van der Waals surface area (Å²) < 4.78 is 1.29. The van der Waals surface area contributed by atoms with Crippen LogP contribution in [0.5, 0.6) is 0 Å². The third-order valence-corrected chi connectivity index (χ3v) is 3.61. The Labute approximate surface area is 152 Å². The van der Waals surface area contributed by atoms with E-state index in [-0.39, 0.29) is 36.3 Å². The lowest BCUT2D eigenvalue weighted by atomic mass is 9.80. The molecule has 0 spiro atoms. The van der Waals surface area contributed by atoms with Crippen molar-refractivity contribution >= 4 is 17.7 Å². The molecule has 1 aromatic heterocycles. The van der Waals surface area contributed by atoms with Crippen molar-refractivity contribution in [3.8, 4) is 0 Å². The summed E-state index contributed by atoms with van der Waals surface area (Å²) in [5.74, 6) is -0.585. The second-order valence-corrected chi connectivity index (χ2v) is 7.74. The molecular formula is C16H29N7O3. The molecule has 0 unspecified atom stereocenters. The van der Waals surface area contributed by atoms with Crippen molar-refractivity contribution in [2.24, 2.45) is 22.0 Å². The van der Waals surface area contributed by atoms with Crippen LogP contribution in [0.3, 0.4) is 0 Å². The summed E-state index contributed by atoms with van der Waals surface area (Å²) in [6.07, 6.45) is 2.05. The molecule has 0 bridgehead atoms. The Kier molecular flexibility index (Phi) is 6.60. The van der Waals surface area contributed by atoms with E-state index in [1.54, 1.807) is 6.92 Å². The molecule has 0 fully saturated rings. The van der Waals surface area contributed by atoms with Crippen molar-refractivity contribution in [2.45, 2.75) is 53.1 Å². The highest BCUT2D eigenvalue weighted by atomic mass is 16.6. The van der Waals surface area contributed by atoms with Crippen LogP contribution in [-0.4, -0.2) is 33.6 Å². The standard InChI is InChI=1S/C16H29N7O3/c1-10-6-20-12(17)13(25)23(10)7-11(24)21-16(4,5)8-15(2,3)9-26-22-14(18)19/h6H,7-9H2,1-5H3,(H2,17,20)(H,21,24)(H4,18,19,22). The molecule has 10 nitrogen and oxygen atoms in total. The molecule has 0 atom stereocenters. The zero-order valence-corrected chi connectivity index (χ0v) is 16.0. The number of amides is 1. The summed E-state index contributed by atoms with van der Waals surface area (Å²) in [7, 11) is 0. The van der Waals surface area contributed by atoms with Crippen LogP contribution < -0.4 is 28.1 Å². The zero-order chi connectivity index (χ0) is 20.1. The van der Waals surface area contributed by atoms with Crippen LogP contribution in [0.1, 0.15) is 39.8 Å². The molecule has 0 radical (unpaired) electrons. The lowest BCUT2D eigenvalue weighted by molar-refractivity contribution is -0.123. The first-order valence-electron chi connectivity index (χ1n) is 8.17. The highest BCUT2D eigenvalue weighted by Gasteiger charge is 2.31. The third-order valence-electron chi connectivity index (χ3n) is 3.61. The molecule has 1 aromatic rings.